The van der Waals surface area contributed by atoms with E-state index in [4.69, 9.17) is 11.6 Å². The molecule has 0 aliphatic carbocycles. The van der Waals surface area contributed by atoms with E-state index in [1.807, 2.05) is 31.2 Å². The molecule has 0 spiro atoms. The predicted molar refractivity (Wildman–Crippen MR) is 114 cm³/mol. The first kappa shape index (κ1) is 23.6. The third-order valence-corrected chi connectivity index (χ3v) is 5.77. The average Bonchev–Trinajstić information content (AvgIpc) is 2.98. The molecule has 3 aromatic rings. The summed E-state index contributed by atoms with van der Waals surface area (Å²) in [6.07, 6.45) is -4.76. The number of nitro groups is 1. The van der Waals surface area contributed by atoms with Crippen molar-refractivity contribution in [2.75, 3.05) is 5.32 Å². The van der Waals surface area contributed by atoms with Crippen LogP contribution < -0.4 is 5.32 Å². The minimum Gasteiger partial charge on any atom is -0.324 e. The van der Waals surface area contributed by atoms with Crippen LogP contribution in [0.5, 0.6) is 0 Å². The largest absolute Gasteiger partial charge is 0.436 e. The Hall–Kier alpha value is -3.05. The van der Waals surface area contributed by atoms with Gasteiger partial charge >= 0.3 is 6.18 Å². The van der Waals surface area contributed by atoms with E-state index in [1.54, 1.807) is 6.07 Å². The molecule has 0 aliphatic heterocycles. The van der Waals surface area contributed by atoms with Gasteiger partial charge in [0.25, 0.3) is 5.69 Å². The highest BCUT2D eigenvalue weighted by Crippen LogP contribution is 2.36. The number of aromatic nitrogens is 2. The maximum absolute atomic E-state index is 13.0. The number of nitrogens with zero attached hydrogens (tertiary/aromatic N) is 3. The van der Waals surface area contributed by atoms with Crippen molar-refractivity contribution in [3.8, 4) is 0 Å². The highest BCUT2D eigenvalue weighted by molar-refractivity contribution is 7.99. The van der Waals surface area contributed by atoms with Crippen molar-refractivity contribution in [3.63, 3.8) is 0 Å². The number of anilines is 1. The van der Waals surface area contributed by atoms with Crippen LogP contribution in [0.3, 0.4) is 0 Å². The number of alkyl halides is 3. The number of halogens is 4. The summed E-state index contributed by atoms with van der Waals surface area (Å²) in [7, 11) is 0. The number of aryl methyl sites for hydroxylation is 1. The van der Waals surface area contributed by atoms with E-state index in [1.165, 1.54) is 30.8 Å². The third-order valence-electron chi connectivity index (χ3n) is 4.34. The van der Waals surface area contributed by atoms with Crippen LogP contribution in [0.25, 0.3) is 0 Å². The molecule has 0 unspecified atom stereocenters. The minimum absolute atomic E-state index is 0.0243. The second-order valence-electron chi connectivity index (χ2n) is 6.84. The zero-order chi connectivity index (χ0) is 23.6. The second kappa shape index (κ2) is 9.21. The van der Waals surface area contributed by atoms with Gasteiger partial charge in [0.1, 0.15) is 6.54 Å². The maximum Gasteiger partial charge on any atom is 0.436 e. The molecule has 168 valence electrons. The lowest BCUT2D eigenvalue weighted by molar-refractivity contribution is -0.385. The van der Waals surface area contributed by atoms with Gasteiger partial charge in [0.05, 0.1) is 15.6 Å². The van der Waals surface area contributed by atoms with Gasteiger partial charge in [-0.2, -0.15) is 18.3 Å². The third kappa shape index (κ3) is 5.60. The van der Waals surface area contributed by atoms with Crippen molar-refractivity contribution in [1.29, 1.82) is 0 Å². The van der Waals surface area contributed by atoms with Crippen molar-refractivity contribution in [2.45, 2.75) is 36.4 Å². The van der Waals surface area contributed by atoms with E-state index in [2.05, 4.69) is 10.4 Å². The number of nitrogens with one attached hydrogen (secondary N) is 1. The Bertz CT molecular complexity index is 1180. The Morgan fingerprint density at radius 2 is 1.84 bits per heavy atom. The second-order valence-corrected chi connectivity index (χ2v) is 8.36. The molecule has 1 heterocycles. The van der Waals surface area contributed by atoms with E-state index in [-0.39, 0.29) is 17.1 Å². The van der Waals surface area contributed by atoms with Crippen molar-refractivity contribution in [3.05, 3.63) is 74.6 Å². The lowest BCUT2D eigenvalue weighted by atomic mass is 10.2. The Morgan fingerprint density at radius 1 is 1.19 bits per heavy atom. The van der Waals surface area contributed by atoms with Crippen LogP contribution in [0.15, 0.2) is 52.3 Å². The Morgan fingerprint density at radius 3 is 2.41 bits per heavy atom. The molecule has 0 radical (unpaired) electrons. The number of benzene rings is 2. The van der Waals surface area contributed by atoms with E-state index in [0.29, 0.717) is 4.90 Å². The number of hydrogen-bond acceptors (Lipinski definition) is 5. The van der Waals surface area contributed by atoms with E-state index in [0.717, 1.165) is 15.1 Å². The van der Waals surface area contributed by atoms with Gasteiger partial charge in [0, 0.05) is 27.6 Å². The fourth-order valence-electron chi connectivity index (χ4n) is 2.76. The van der Waals surface area contributed by atoms with E-state index in [9.17, 15) is 28.1 Å². The lowest BCUT2D eigenvalue weighted by Crippen LogP contribution is -2.21. The van der Waals surface area contributed by atoms with Crippen LogP contribution in [-0.2, 0) is 17.5 Å². The Kier molecular flexibility index (Phi) is 6.79. The number of hydrogen-bond donors (Lipinski definition) is 1. The zero-order valence-corrected chi connectivity index (χ0v) is 18.3. The molecule has 2 aromatic carbocycles. The molecule has 12 heteroatoms. The molecular formula is C20H16ClF3N4O3S. The number of rotatable bonds is 6. The first-order valence-corrected chi connectivity index (χ1v) is 10.3. The molecule has 1 amide bonds. The monoisotopic (exact) mass is 484 g/mol. The molecule has 3 rings (SSSR count). The molecule has 1 aromatic heterocycles. The molecule has 7 nitrogen and oxygen atoms in total. The molecule has 0 aliphatic rings. The summed E-state index contributed by atoms with van der Waals surface area (Å²) in [4.78, 5) is 24.5. The number of amides is 1. The molecule has 32 heavy (non-hydrogen) atoms. The van der Waals surface area contributed by atoms with Gasteiger partial charge in [-0.05, 0) is 32.0 Å². The molecule has 0 saturated carbocycles. The molecule has 0 saturated heterocycles. The quantitative estimate of drug-likeness (QED) is 0.349. The van der Waals surface area contributed by atoms with Gasteiger partial charge in [-0.3, -0.25) is 19.6 Å². The van der Waals surface area contributed by atoms with Gasteiger partial charge < -0.3 is 5.32 Å². The highest BCUT2D eigenvalue weighted by atomic mass is 35.5. The normalized spacial score (nSPS) is 11.4. The van der Waals surface area contributed by atoms with Gasteiger partial charge in [0.2, 0.25) is 5.91 Å². The van der Waals surface area contributed by atoms with Crippen molar-refractivity contribution in [2.24, 2.45) is 0 Å². The van der Waals surface area contributed by atoms with E-state index >= 15 is 0 Å². The standard InChI is InChI=1S/C20H16ClF3N4O3S/c1-11-3-5-15(6-4-11)32-16-8-13(7-14(9-16)28(30)31)25-17(29)10-27-12(2)18(21)19(26-27)20(22,23)24/h3-9H,10H2,1-2H3,(H,25,29). The Balaban J connectivity index is 1.82. The summed E-state index contributed by atoms with van der Waals surface area (Å²) in [6, 6.07) is 11.6. The fourth-order valence-corrected chi connectivity index (χ4v) is 3.91. The topological polar surface area (TPSA) is 90.1 Å². The number of carbonyl (C=O) groups is 1. The number of carbonyl (C=O) groups excluding carboxylic acids is 1. The van der Waals surface area contributed by atoms with Crippen molar-refractivity contribution < 1.29 is 22.9 Å². The Labute approximate surface area is 189 Å². The van der Waals surface area contributed by atoms with Gasteiger partial charge in [0.15, 0.2) is 5.69 Å². The average molecular weight is 485 g/mol. The maximum atomic E-state index is 13.0. The highest BCUT2D eigenvalue weighted by Gasteiger charge is 2.38. The van der Waals surface area contributed by atoms with Gasteiger partial charge in [-0.15, -0.1) is 0 Å². The molecular weight excluding hydrogens is 469 g/mol. The van der Waals surface area contributed by atoms with Crippen molar-refractivity contribution >= 4 is 40.6 Å². The molecule has 1 N–H and O–H groups in total. The molecule has 0 atom stereocenters. The zero-order valence-electron chi connectivity index (χ0n) is 16.7. The van der Waals surface area contributed by atoms with Crippen LogP contribution in [0, 0.1) is 24.0 Å². The van der Waals surface area contributed by atoms with Crippen LogP contribution >= 0.6 is 23.4 Å². The first-order chi connectivity index (χ1) is 14.9. The summed E-state index contributed by atoms with van der Waals surface area (Å²) in [5.41, 5.74) is -0.356. The lowest BCUT2D eigenvalue weighted by Gasteiger charge is -2.09. The SMILES string of the molecule is Cc1ccc(Sc2cc(NC(=O)Cn3nc(C(F)(F)F)c(Cl)c3C)cc([N+](=O)[O-])c2)cc1. The predicted octanol–water partition coefficient (Wildman–Crippen LogP) is 5.87. The number of nitro benzene ring substituents is 1. The van der Waals surface area contributed by atoms with Crippen LogP contribution in [0.2, 0.25) is 5.02 Å². The van der Waals surface area contributed by atoms with Crippen molar-refractivity contribution in [1.82, 2.24) is 9.78 Å². The summed E-state index contributed by atoms with van der Waals surface area (Å²) in [5.74, 6) is -0.715. The molecule has 0 fully saturated rings. The summed E-state index contributed by atoms with van der Waals surface area (Å²) in [6.45, 7) is 2.69. The van der Waals surface area contributed by atoms with Gasteiger partial charge in [-0.25, -0.2) is 0 Å². The number of non-ortho nitro benzene ring substituents is 1. The first-order valence-electron chi connectivity index (χ1n) is 9.08. The van der Waals surface area contributed by atoms with E-state index < -0.39 is 34.3 Å². The van der Waals surface area contributed by atoms with Gasteiger partial charge in [-0.1, -0.05) is 41.1 Å². The summed E-state index contributed by atoms with van der Waals surface area (Å²) < 4.78 is 39.7. The summed E-state index contributed by atoms with van der Waals surface area (Å²) in [5, 5.41) is 16.6. The van der Waals surface area contributed by atoms with Crippen LogP contribution in [0.1, 0.15) is 17.0 Å². The smallest absolute Gasteiger partial charge is 0.324 e. The summed E-state index contributed by atoms with van der Waals surface area (Å²) >= 11 is 6.96. The molecule has 0 bridgehead atoms. The van der Waals surface area contributed by atoms with Crippen LogP contribution in [-0.4, -0.2) is 20.6 Å². The minimum atomic E-state index is -4.76. The van der Waals surface area contributed by atoms with Crippen LogP contribution in [0.4, 0.5) is 24.5 Å². The fraction of sp³-hybridized carbons (Fsp3) is 0.200.